The maximum atomic E-state index is 13.3. The van der Waals surface area contributed by atoms with E-state index in [0.717, 1.165) is 0 Å². The minimum absolute atomic E-state index is 0.163. The SMILES string of the molecule is COc1cccc(-c2c(NC(=O)c3ccc(F)cc3)n(-c3ccc(Cl)cc3)nc(C)c2=O)c1. The molecule has 1 N–H and O–H groups in total. The van der Waals surface area contributed by atoms with E-state index in [1.165, 1.54) is 36.1 Å². The molecule has 6 nitrogen and oxygen atoms in total. The molecule has 166 valence electrons. The molecule has 1 aromatic heterocycles. The zero-order valence-electron chi connectivity index (χ0n) is 17.8. The maximum absolute atomic E-state index is 13.3. The first kappa shape index (κ1) is 22.2. The number of methoxy groups -OCH3 is 1. The van der Waals surface area contributed by atoms with E-state index >= 15 is 0 Å². The number of hydrogen-bond donors (Lipinski definition) is 1. The van der Waals surface area contributed by atoms with Crippen LogP contribution < -0.4 is 15.5 Å². The molecular formula is C25H19ClFN3O3. The van der Waals surface area contributed by atoms with Gasteiger partial charge in [0.25, 0.3) is 5.91 Å². The lowest BCUT2D eigenvalue weighted by Crippen LogP contribution is -2.25. The number of nitrogens with one attached hydrogen (secondary N) is 1. The zero-order chi connectivity index (χ0) is 23.5. The average Bonchev–Trinajstić information content (AvgIpc) is 2.82. The van der Waals surface area contributed by atoms with Crippen molar-refractivity contribution in [3.8, 4) is 22.6 Å². The van der Waals surface area contributed by atoms with E-state index in [9.17, 15) is 14.0 Å². The molecule has 4 rings (SSSR count). The molecule has 0 saturated heterocycles. The van der Waals surface area contributed by atoms with Crippen LogP contribution in [0.25, 0.3) is 16.8 Å². The number of anilines is 1. The summed E-state index contributed by atoms with van der Waals surface area (Å²) < 4.78 is 20.1. The van der Waals surface area contributed by atoms with E-state index in [2.05, 4.69) is 10.4 Å². The van der Waals surface area contributed by atoms with E-state index in [4.69, 9.17) is 16.3 Å². The van der Waals surface area contributed by atoms with Gasteiger partial charge in [0.1, 0.15) is 23.1 Å². The molecule has 4 aromatic rings. The van der Waals surface area contributed by atoms with Crippen LogP contribution in [-0.4, -0.2) is 22.8 Å². The second-order valence-corrected chi connectivity index (χ2v) is 7.66. The van der Waals surface area contributed by atoms with Crippen molar-refractivity contribution in [1.82, 2.24) is 9.78 Å². The normalized spacial score (nSPS) is 10.7. The first-order chi connectivity index (χ1) is 15.9. The fourth-order valence-corrected chi connectivity index (χ4v) is 3.48. The number of hydrogen-bond acceptors (Lipinski definition) is 4. The standard InChI is InChI=1S/C25H19ClFN3O3/c1-15-23(31)22(17-4-3-5-21(14-17)33-2)24(28-25(32)16-6-10-19(27)11-7-16)30(29-15)20-12-8-18(26)9-13-20/h3-14H,1-2H3,(H,28,32). The van der Waals surface area contributed by atoms with Gasteiger partial charge in [-0.25, -0.2) is 9.07 Å². The first-order valence-corrected chi connectivity index (χ1v) is 10.4. The van der Waals surface area contributed by atoms with Crippen LogP contribution in [0.2, 0.25) is 5.02 Å². The number of halogens is 2. The highest BCUT2D eigenvalue weighted by Crippen LogP contribution is 2.30. The lowest BCUT2D eigenvalue weighted by Gasteiger charge is -2.19. The van der Waals surface area contributed by atoms with Gasteiger partial charge < -0.3 is 10.1 Å². The van der Waals surface area contributed by atoms with Gasteiger partial charge in [0.2, 0.25) is 5.43 Å². The van der Waals surface area contributed by atoms with Gasteiger partial charge in [0, 0.05) is 10.6 Å². The van der Waals surface area contributed by atoms with Gasteiger partial charge in [-0.05, 0) is 73.2 Å². The van der Waals surface area contributed by atoms with Crippen LogP contribution in [0.3, 0.4) is 0 Å². The molecular weight excluding hydrogens is 445 g/mol. The summed E-state index contributed by atoms with van der Waals surface area (Å²) >= 11 is 6.04. The molecule has 0 atom stereocenters. The molecule has 8 heteroatoms. The molecule has 0 aliphatic heterocycles. The number of aromatic nitrogens is 2. The van der Waals surface area contributed by atoms with Crippen molar-refractivity contribution in [2.24, 2.45) is 0 Å². The smallest absolute Gasteiger partial charge is 0.256 e. The van der Waals surface area contributed by atoms with Crippen LogP contribution in [0, 0.1) is 12.7 Å². The van der Waals surface area contributed by atoms with Gasteiger partial charge in [-0.1, -0.05) is 23.7 Å². The van der Waals surface area contributed by atoms with Crippen molar-refractivity contribution < 1.29 is 13.9 Å². The molecule has 0 aliphatic rings. The Morgan fingerprint density at radius 3 is 2.42 bits per heavy atom. The predicted octanol–water partition coefficient (Wildman–Crippen LogP) is 5.26. The Kier molecular flexibility index (Phi) is 6.24. The number of rotatable bonds is 5. The highest BCUT2D eigenvalue weighted by atomic mass is 35.5. The van der Waals surface area contributed by atoms with Crippen LogP contribution >= 0.6 is 11.6 Å². The highest BCUT2D eigenvalue weighted by Gasteiger charge is 2.21. The largest absolute Gasteiger partial charge is 0.497 e. The highest BCUT2D eigenvalue weighted by molar-refractivity contribution is 6.30. The van der Waals surface area contributed by atoms with Crippen LogP contribution in [-0.2, 0) is 0 Å². The van der Waals surface area contributed by atoms with E-state index in [1.54, 1.807) is 55.5 Å². The Morgan fingerprint density at radius 1 is 1.06 bits per heavy atom. The molecule has 3 aromatic carbocycles. The molecule has 0 fully saturated rings. The van der Waals surface area contributed by atoms with Crippen LogP contribution in [0.4, 0.5) is 10.2 Å². The average molecular weight is 464 g/mol. The summed E-state index contributed by atoms with van der Waals surface area (Å²) in [4.78, 5) is 26.3. The molecule has 0 unspecified atom stereocenters. The third-order valence-electron chi connectivity index (χ3n) is 5.02. The number of benzene rings is 3. The third-order valence-corrected chi connectivity index (χ3v) is 5.27. The van der Waals surface area contributed by atoms with Crippen molar-refractivity contribution in [2.45, 2.75) is 6.92 Å². The summed E-state index contributed by atoms with van der Waals surface area (Å²) in [5.41, 5.74) is 1.49. The van der Waals surface area contributed by atoms with Crippen molar-refractivity contribution in [3.05, 3.63) is 105 Å². The van der Waals surface area contributed by atoms with Gasteiger partial charge in [0.05, 0.1) is 18.4 Å². The zero-order valence-corrected chi connectivity index (χ0v) is 18.6. The van der Waals surface area contributed by atoms with E-state index in [1.807, 2.05) is 0 Å². The Balaban J connectivity index is 1.96. The number of amides is 1. The van der Waals surface area contributed by atoms with Crippen molar-refractivity contribution in [1.29, 1.82) is 0 Å². The van der Waals surface area contributed by atoms with Gasteiger partial charge in [-0.3, -0.25) is 9.59 Å². The summed E-state index contributed by atoms with van der Waals surface area (Å²) in [6.07, 6.45) is 0. The second kappa shape index (κ2) is 9.26. The van der Waals surface area contributed by atoms with Crippen molar-refractivity contribution in [3.63, 3.8) is 0 Å². The number of nitrogens with zero attached hydrogens (tertiary/aromatic N) is 2. The Bertz CT molecular complexity index is 1380. The minimum atomic E-state index is -0.521. The van der Waals surface area contributed by atoms with Crippen LogP contribution in [0.5, 0.6) is 5.75 Å². The molecule has 1 amide bonds. The lowest BCUT2D eigenvalue weighted by atomic mass is 10.0. The summed E-state index contributed by atoms with van der Waals surface area (Å²) in [5, 5.41) is 7.74. The fourth-order valence-electron chi connectivity index (χ4n) is 3.35. The number of aryl methyl sites for hydroxylation is 1. The topological polar surface area (TPSA) is 73.2 Å². The summed E-state index contributed by atoms with van der Waals surface area (Å²) in [5.74, 6) is -0.267. The van der Waals surface area contributed by atoms with Crippen LogP contribution in [0.15, 0.2) is 77.6 Å². The lowest BCUT2D eigenvalue weighted by molar-refractivity contribution is 0.102. The van der Waals surface area contributed by atoms with Crippen molar-refractivity contribution >= 4 is 23.3 Å². The number of carbonyl (C=O) groups excluding carboxylic acids is 1. The second-order valence-electron chi connectivity index (χ2n) is 7.22. The molecule has 0 spiro atoms. The number of ether oxygens (including phenoxy) is 1. The Morgan fingerprint density at radius 2 is 1.76 bits per heavy atom. The van der Waals surface area contributed by atoms with E-state index < -0.39 is 11.7 Å². The van der Waals surface area contributed by atoms with E-state index in [-0.39, 0.29) is 28.1 Å². The summed E-state index contributed by atoms with van der Waals surface area (Å²) in [6, 6.07) is 18.9. The van der Waals surface area contributed by atoms with Crippen molar-refractivity contribution in [2.75, 3.05) is 12.4 Å². The fraction of sp³-hybridized carbons (Fsp3) is 0.0800. The summed E-state index contributed by atoms with van der Waals surface area (Å²) in [7, 11) is 1.53. The number of carbonyl (C=O) groups is 1. The first-order valence-electron chi connectivity index (χ1n) is 9.98. The van der Waals surface area contributed by atoms with Gasteiger partial charge in [-0.15, -0.1) is 0 Å². The third kappa shape index (κ3) is 4.63. The molecule has 0 saturated carbocycles. The Labute approximate surface area is 194 Å². The summed E-state index contributed by atoms with van der Waals surface area (Å²) in [6.45, 7) is 1.60. The monoisotopic (exact) mass is 463 g/mol. The van der Waals surface area contributed by atoms with E-state index in [0.29, 0.717) is 22.0 Å². The minimum Gasteiger partial charge on any atom is -0.497 e. The van der Waals surface area contributed by atoms with Gasteiger partial charge in [-0.2, -0.15) is 5.10 Å². The molecule has 0 radical (unpaired) electrons. The molecule has 1 heterocycles. The Hall–Kier alpha value is -3.97. The molecule has 33 heavy (non-hydrogen) atoms. The van der Waals surface area contributed by atoms with Gasteiger partial charge >= 0.3 is 0 Å². The molecule has 0 aliphatic carbocycles. The maximum Gasteiger partial charge on any atom is 0.256 e. The quantitative estimate of drug-likeness (QED) is 0.438. The molecule has 0 bridgehead atoms. The van der Waals surface area contributed by atoms with Gasteiger partial charge in [0.15, 0.2) is 0 Å². The van der Waals surface area contributed by atoms with Crippen LogP contribution in [0.1, 0.15) is 16.1 Å². The predicted molar refractivity (Wildman–Crippen MR) is 126 cm³/mol.